The number of hydrogen-bond acceptors (Lipinski definition) is 6. The average Bonchev–Trinajstić information content (AvgIpc) is 3.40. The summed E-state index contributed by atoms with van der Waals surface area (Å²) in [7, 11) is 1.43. The highest BCUT2D eigenvalue weighted by Crippen LogP contribution is 2.32. The van der Waals surface area contributed by atoms with Crippen molar-refractivity contribution in [2.45, 2.75) is 44.3 Å². The topological polar surface area (TPSA) is 103 Å². The van der Waals surface area contributed by atoms with E-state index in [1.54, 1.807) is 35.4 Å². The first-order valence-corrected chi connectivity index (χ1v) is 14.1. The van der Waals surface area contributed by atoms with Crippen LogP contribution in [0, 0.1) is 12.7 Å². The quantitative estimate of drug-likeness (QED) is 0.332. The molecule has 0 aliphatic carbocycles. The molecule has 2 fully saturated rings. The summed E-state index contributed by atoms with van der Waals surface area (Å²) in [6.07, 6.45) is 2.47. The number of rotatable bonds is 7. The highest BCUT2D eigenvalue weighted by Gasteiger charge is 2.49. The van der Waals surface area contributed by atoms with Crippen LogP contribution >= 0.6 is 0 Å². The molecule has 2 amide bonds. The number of aromatic amines is 1. The molecule has 9 nitrogen and oxygen atoms in total. The van der Waals surface area contributed by atoms with Gasteiger partial charge in [-0.25, -0.2) is 13.2 Å². The van der Waals surface area contributed by atoms with Gasteiger partial charge in [-0.1, -0.05) is 6.07 Å². The van der Waals surface area contributed by atoms with Crippen molar-refractivity contribution < 1.29 is 27.5 Å². The summed E-state index contributed by atoms with van der Waals surface area (Å²) < 4.78 is 47.4. The Hall–Kier alpha value is -4.45. The van der Waals surface area contributed by atoms with Crippen LogP contribution in [0.15, 0.2) is 54.7 Å². The van der Waals surface area contributed by atoms with Crippen LogP contribution in [0.25, 0.3) is 22.2 Å². The second-order valence-electron chi connectivity index (χ2n) is 11.2. The molecular formula is C31H31F3N6O3. The maximum absolute atomic E-state index is 14.9. The molecule has 6 rings (SSSR count). The number of fused-ring (bicyclic) bond motifs is 1. The number of halogens is 3. The number of ether oxygens (including phenoxy) is 1. The predicted molar refractivity (Wildman–Crippen MR) is 153 cm³/mol. The van der Waals surface area contributed by atoms with E-state index >= 15 is 0 Å². The summed E-state index contributed by atoms with van der Waals surface area (Å²) in [5.74, 6) is -3.80. The van der Waals surface area contributed by atoms with Crippen molar-refractivity contribution in [3.8, 4) is 17.0 Å². The summed E-state index contributed by atoms with van der Waals surface area (Å²) in [6, 6.07) is 12.4. The van der Waals surface area contributed by atoms with Crippen molar-refractivity contribution in [1.29, 1.82) is 0 Å². The van der Waals surface area contributed by atoms with E-state index in [1.165, 1.54) is 19.2 Å². The van der Waals surface area contributed by atoms with Gasteiger partial charge in [-0.15, -0.1) is 0 Å². The van der Waals surface area contributed by atoms with Gasteiger partial charge >= 0.3 is 0 Å². The molecule has 0 radical (unpaired) electrons. The molecule has 2 aliphatic heterocycles. The lowest BCUT2D eigenvalue weighted by Gasteiger charge is -2.45. The van der Waals surface area contributed by atoms with E-state index in [0.29, 0.717) is 29.8 Å². The largest absolute Gasteiger partial charge is 0.496 e. The molecule has 4 aromatic rings. The van der Waals surface area contributed by atoms with Gasteiger partial charge in [0.15, 0.2) is 0 Å². The highest BCUT2D eigenvalue weighted by atomic mass is 19.3. The number of pyridine rings is 1. The second-order valence-corrected chi connectivity index (χ2v) is 11.2. The molecule has 0 unspecified atom stereocenters. The van der Waals surface area contributed by atoms with Gasteiger partial charge in [-0.2, -0.15) is 5.10 Å². The Bertz CT molecular complexity index is 1680. The van der Waals surface area contributed by atoms with Gasteiger partial charge in [0.05, 0.1) is 31.8 Å². The maximum Gasteiger partial charge on any atom is 0.282 e. The number of benzene rings is 2. The lowest BCUT2D eigenvalue weighted by molar-refractivity contribution is -0.172. The van der Waals surface area contributed by atoms with Gasteiger partial charge in [-0.3, -0.25) is 24.6 Å². The number of amides is 2. The van der Waals surface area contributed by atoms with Gasteiger partial charge in [0.1, 0.15) is 17.3 Å². The standard InChI is InChI=1S/C31H31F3N6O3/c1-18-12-19(10-11-35-18)28-22-13-20(6-8-25(22)37-38-28)29(41)36-21-7-9-26(30(42)40-16-31(33,34)17-40)39(14-21)15-23-24(32)4-3-5-27(23)43-2/h3-6,8,10-13,21,26H,7,9,14-17H2,1-2H3,(H,36,41)(H,37,38)/t21-,26+/m1/s1. The SMILES string of the molecule is COc1cccc(F)c1CN1C[C@H](NC(=O)c2ccc3[nH]nc(-c4ccnc(C)c4)c3c2)CC[C@H]1C(=O)N1CC(F)(F)C1. The van der Waals surface area contributed by atoms with Gasteiger partial charge in [-0.05, 0) is 62.2 Å². The normalized spacial score (nSPS) is 20.1. The Kier molecular flexibility index (Phi) is 7.55. The molecule has 2 aromatic carbocycles. The Morgan fingerprint density at radius 3 is 2.70 bits per heavy atom. The monoisotopic (exact) mass is 592 g/mol. The van der Waals surface area contributed by atoms with Gasteiger partial charge < -0.3 is 15.0 Å². The van der Waals surface area contributed by atoms with Crippen LogP contribution < -0.4 is 10.1 Å². The summed E-state index contributed by atoms with van der Waals surface area (Å²) in [6.45, 7) is 0.871. The first-order chi connectivity index (χ1) is 20.6. The van der Waals surface area contributed by atoms with Crippen molar-refractivity contribution in [3.63, 3.8) is 0 Å². The van der Waals surface area contributed by atoms with Crippen LogP contribution in [0.3, 0.4) is 0 Å². The molecular weight excluding hydrogens is 561 g/mol. The van der Waals surface area contributed by atoms with Crippen LogP contribution in [-0.2, 0) is 11.3 Å². The number of methoxy groups -OCH3 is 1. The minimum absolute atomic E-state index is 0.0124. The number of carbonyl (C=O) groups excluding carboxylic acids is 2. The Balaban J connectivity index is 1.22. The zero-order valence-corrected chi connectivity index (χ0v) is 23.7. The first kappa shape index (κ1) is 28.7. The van der Waals surface area contributed by atoms with Crippen molar-refractivity contribution >= 4 is 22.7 Å². The summed E-state index contributed by atoms with van der Waals surface area (Å²) in [5, 5.41) is 11.3. The van der Waals surface area contributed by atoms with E-state index in [1.807, 2.05) is 19.1 Å². The molecule has 0 bridgehead atoms. The number of hydrogen-bond donors (Lipinski definition) is 2. The van der Waals surface area contributed by atoms with E-state index in [-0.39, 0.29) is 30.6 Å². The molecule has 0 spiro atoms. The van der Waals surface area contributed by atoms with Crippen molar-refractivity contribution in [3.05, 3.63) is 77.4 Å². The molecule has 2 saturated heterocycles. The fourth-order valence-corrected chi connectivity index (χ4v) is 5.92. The first-order valence-electron chi connectivity index (χ1n) is 14.1. The summed E-state index contributed by atoms with van der Waals surface area (Å²) in [4.78, 5) is 33.8. The molecule has 2 atom stereocenters. The molecule has 4 heterocycles. The predicted octanol–water partition coefficient (Wildman–Crippen LogP) is 4.32. The summed E-state index contributed by atoms with van der Waals surface area (Å²) in [5.41, 5.74) is 3.89. The minimum atomic E-state index is -2.90. The lowest BCUT2D eigenvalue weighted by atomic mass is 9.94. The van der Waals surface area contributed by atoms with Crippen LogP contribution in [-0.4, -0.2) is 81.5 Å². The molecule has 12 heteroatoms. The zero-order valence-electron chi connectivity index (χ0n) is 23.7. The summed E-state index contributed by atoms with van der Waals surface area (Å²) >= 11 is 0. The van der Waals surface area contributed by atoms with Crippen LogP contribution in [0.1, 0.15) is 34.5 Å². The fourth-order valence-electron chi connectivity index (χ4n) is 5.92. The number of H-pyrrole nitrogens is 1. The maximum atomic E-state index is 14.9. The van der Waals surface area contributed by atoms with E-state index in [0.717, 1.165) is 27.1 Å². The smallest absolute Gasteiger partial charge is 0.282 e. The van der Waals surface area contributed by atoms with Crippen molar-refractivity contribution in [2.24, 2.45) is 0 Å². The van der Waals surface area contributed by atoms with Gasteiger partial charge in [0, 0.05) is 53.1 Å². The van der Waals surface area contributed by atoms with E-state index < -0.39 is 36.8 Å². The minimum Gasteiger partial charge on any atom is -0.496 e. The zero-order chi connectivity index (χ0) is 30.3. The molecule has 2 aromatic heterocycles. The number of nitrogens with one attached hydrogen (secondary N) is 2. The Morgan fingerprint density at radius 1 is 1.14 bits per heavy atom. The number of aryl methyl sites for hydroxylation is 1. The third-order valence-corrected chi connectivity index (χ3v) is 8.11. The van der Waals surface area contributed by atoms with Gasteiger partial charge in [0.2, 0.25) is 5.91 Å². The average molecular weight is 593 g/mol. The van der Waals surface area contributed by atoms with Gasteiger partial charge in [0.25, 0.3) is 11.8 Å². The van der Waals surface area contributed by atoms with Crippen LogP contribution in [0.5, 0.6) is 5.75 Å². The fraction of sp³-hybridized carbons (Fsp3) is 0.355. The Labute approximate surface area is 246 Å². The molecule has 0 saturated carbocycles. The number of carbonyl (C=O) groups is 2. The highest BCUT2D eigenvalue weighted by molar-refractivity contribution is 6.01. The molecule has 2 N–H and O–H groups in total. The Morgan fingerprint density at radius 2 is 1.95 bits per heavy atom. The number of nitrogens with zero attached hydrogens (tertiary/aromatic N) is 4. The third-order valence-electron chi connectivity index (χ3n) is 8.11. The van der Waals surface area contributed by atoms with Crippen molar-refractivity contribution in [2.75, 3.05) is 26.7 Å². The van der Waals surface area contributed by atoms with E-state index in [9.17, 15) is 22.8 Å². The van der Waals surface area contributed by atoms with Crippen molar-refractivity contribution in [1.82, 2.24) is 30.3 Å². The van der Waals surface area contributed by atoms with Crippen LogP contribution in [0.2, 0.25) is 0 Å². The van der Waals surface area contributed by atoms with E-state index in [4.69, 9.17) is 4.74 Å². The number of likely N-dealkylation sites (tertiary alicyclic amines) is 2. The van der Waals surface area contributed by atoms with E-state index in [2.05, 4.69) is 20.5 Å². The second kappa shape index (κ2) is 11.3. The third kappa shape index (κ3) is 5.79. The molecule has 2 aliphatic rings. The number of aromatic nitrogens is 3. The molecule has 43 heavy (non-hydrogen) atoms. The molecule has 224 valence electrons. The number of alkyl halides is 2. The lowest BCUT2D eigenvalue weighted by Crippen LogP contribution is -2.64. The van der Waals surface area contributed by atoms with Crippen LogP contribution in [0.4, 0.5) is 13.2 Å². The number of piperidine rings is 1.